The molecule has 0 bridgehead atoms. The molecule has 1 unspecified atom stereocenters. The van der Waals surface area contributed by atoms with Crippen LogP contribution in [0.25, 0.3) is 0 Å². The van der Waals surface area contributed by atoms with Crippen LogP contribution < -0.4 is 5.56 Å². The number of aromatic amines is 1. The van der Waals surface area contributed by atoms with Crippen molar-refractivity contribution in [2.75, 3.05) is 6.54 Å². The lowest BCUT2D eigenvalue weighted by Crippen LogP contribution is -2.31. The van der Waals surface area contributed by atoms with Crippen LogP contribution >= 0.6 is 11.6 Å². The van der Waals surface area contributed by atoms with Gasteiger partial charge in [-0.2, -0.15) is 0 Å². The summed E-state index contributed by atoms with van der Waals surface area (Å²) in [4.78, 5) is 28.3. The maximum Gasteiger partial charge on any atom is 0.254 e. The fraction of sp³-hybridized carbons (Fsp3) is 0.250. The first kappa shape index (κ1) is 13.9. The molecule has 21 heavy (non-hydrogen) atoms. The van der Waals surface area contributed by atoms with Gasteiger partial charge in [-0.3, -0.25) is 9.59 Å². The Hall–Kier alpha value is -2.07. The van der Waals surface area contributed by atoms with Crippen molar-refractivity contribution < 1.29 is 4.79 Å². The SMILES string of the molecule is O=C(c1cc[nH]c(=O)c1)N1CCCC1c1ccccc1Cl. The molecule has 0 aliphatic carbocycles. The van der Waals surface area contributed by atoms with Crippen LogP contribution in [0.2, 0.25) is 5.02 Å². The third kappa shape index (κ3) is 2.72. The number of hydrogen-bond acceptors (Lipinski definition) is 2. The number of halogens is 1. The number of H-pyrrole nitrogens is 1. The van der Waals surface area contributed by atoms with Crippen LogP contribution in [-0.2, 0) is 0 Å². The van der Waals surface area contributed by atoms with Gasteiger partial charge in [0.25, 0.3) is 5.91 Å². The molecular formula is C16H15ClN2O2. The average Bonchev–Trinajstić information content (AvgIpc) is 2.96. The summed E-state index contributed by atoms with van der Waals surface area (Å²) in [7, 11) is 0. The molecule has 1 amide bonds. The second kappa shape index (κ2) is 5.74. The Morgan fingerprint density at radius 3 is 2.86 bits per heavy atom. The molecule has 0 radical (unpaired) electrons. The van der Waals surface area contributed by atoms with E-state index in [1.165, 1.54) is 12.3 Å². The molecule has 4 nitrogen and oxygen atoms in total. The third-order valence-corrected chi connectivity index (χ3v) is 4.14. The summed E-state index contributed by atoms with van der Waals surface area (Å²) in [5.41, 5.74) is 1.11. The molecule has 5 heteroatoms. The number of amides is 1. The number of benzene rings is 1. The van der Waals surface area contributed by atoms with Crippen molar-refractivity contribution in [3.8, 4) is 0 Å². The standard InChI is InChI=1S/C16H15ClN2O2/c17-13-5-2-1-4-12(13)14-6-3-9-19(14)16(21)11-7-8-18-15(20)10-11/h1-2,4-5,7-8,10,14H,3,6,9H2,(H,18,20). The highest BCUT2D eigenvalue weighted by Gasteiger charge is 2.31. The quantitative estimate of drug-likeness (QED) is 0.927. The Morgan fingerprint density at radius 1 is 1.29 bits per heavy atom. The maximum atomic E-state index is 12.6. The summed E-state index contributed by atoms with van der Waals surface area (Å²) >= 11 is 6.25. The number of nitrogens with one attached hydrogen (secondary N) is 1. The van der Waals surface area contributed by atoms with E-state index < -0.39 is 0 Å². The first-order chi connectivity index (χ1) is 10.2. The first-order valence-electron chi connectivity index (χ1n) is 6.91. The lowest BCUT2D eigenvalue weighted by atomic mass is 10.0. The molecule has 108 valence electrons. The first-order valence-corrected chi connectivity index (χ1v) is 7.29. The number of nitrogens with zero attached hydrogens (tertiary/aromatic N) is 1. The van der Waals surface area contributed by atoms with Gasteiger partial charge >= 0.3 is 0 Å². The molecule has 1 aromatic carbocycles. The smallest absolute Gasteiger partial charge is 0.254 e. The van der Waals surface area contributed by atoms with E-state index in [1.54, 1.807) is 11.0 Å². The van der Waals surface area contributed by atoms with Gasteiger partial charge in [0, 0.05) is 29.4 Å². The predicted molar refractivity (Wildman–Crippen MR) is 81.5 cm³/mol. The largest absolute Gasteiger partial charge is 0.332 e. The number of rotatable bonds is 2. The average molecular weight is 303 g/mol. The molecule has 2 heterocycles. The maximum absolute atomic E-state index is 12.6. The zero-order valence-electron chi connectivity index (χ0n) is 11.4. The van der Waals surface area contributed by atoms with E-state index in [0.29, 0.717) is 17.1 Å². The molecule has 1 aliphatic heterocycles. The normalized spacial score (nSPS) is 18.0. The van der Waals surface area contributed by atoms with Crippen molar-refractivity contribution in [1.29, 1.82) is 0 Å². The fourth-order valence-electron chi connectivity index (χ4n) is 2.82. The van der Waals surface area contributed by atoms with Gasteiger partial charge < -0.3 is 9.88 Å². The Labute approximate surface area is 127 Å². The lowest BCUT2D eigenvalue weighted by Gasteiger charge is -2.25. The summed E-state index contributed by atoms with van der Waals surface area (Å²) in [6, 6.07) is 10.5. The van der Waals surface area contributed by atoms with Crippen molar-refractivity contribution in [1.82, 2.24) is 9.88 Å². The van der Waals surface area contributed by atoms with Gasteiger partial charge in [0.05, 0.1) is 6.04 Å². The Morgan fingerprint density at radius 2 is 2.10 bits per heavy atom. The van der Waals surface area contributed by atoms with E-state index in [4.69, 9.17) is 11.6 Å². The highest BCUT2D eigenvalue weighted by Crippen LogP contribution is 2.36. The van der Waals surface area contributed by atoms with E-state index in [2.05, 4.69) is 4.98 Å². The summed E-state index contributed by atoms with van der Waals surface area (Å²) in [5, 5.41) is 0.674. The summed E-state index contributed by atoms with van der Waals surface area (Å²) in [6.45, 7) is 0.682. The van der Waals surface area contributed by atoms with Crippen LogP contribution in [0.15, 0.2) is 47.4 Å². The van der Waals surface area contributed by atoms with Crippen molar-refractivity contribution in [3.63, 3.8) is 0 Å². The molecule has 2 aromatic rings. The molecule has 1 atom stereocenters. The topological polar surface area (TPSA) is 53.2 Å². The summed E-state index contributed by atoms with van der Waals surface area (Å²) in [5.74, 6) is -0.122. The number of hydrogen-bond donors (Lipinski definition) is 1. The molecule has 0 spiro atoms. The second-order valence-electron chi connectivity index (χ2n) is 5.12. The molecule has 1 aromatic heterocycles. The third-order valence-electron chi connectivity index (χ3n) is 3.80. The Bertz CT molecular complexity index is 726. The number of aromatic nitrogens is 1. The van der Waals surface area contributed by atoms with Gasteiger partial charge in [0.15, 0.2) is 0 Å². The molecule has 3 rings (SSSR count). The van der Waals surface area contributed by atoms with Crippen LogP contribution in [0.3, 0.4) is 0 Å². The van der Waals surface area contributed by atoms with Crippen LogP contribution in [0.4, 0.5) is 0 Å². The van der Waals surface area contributed by atoms with Gasteiger partial charge in [-0.05, 0) is 30.5 Å². The van der Waals surface area contributed by atoms with Crippen molar-refractivity contribution in [3.05, 3.63) is 69.1 Å². The Kier molecular flexibility index (Phi) is 3.80. The van der Waals surface area contributed by atoms with Gasteiger partial charge in [-0.15, -0.1) is 0 Å². The van der Waals surface area contributed by atoms with E-state index in [-0.39, 0.29) is 17.5 Å². The van der Waals surface area contributed by atoms with Crippen molar-refractivity contribution >= 4 is 17.5 Å². The van der Waals surface area contributed by atoms with Crippen molar-refractivity contribution in [2.45, 2.75) is 18.9 Å². The summed E-state index contributed by atoms with van der Waals surface area (Å²) < 4.78 is 0. The van der Waals surface area contributed by atoms with Crippen LogP contribution in [0.5, 0.6) is 0 Å². The minimum Gasteiger partial charge on any atom is -0.332 e. The van der Waals surface area contributed by atoms with Gasteiger partial charge in [0.1, 0.15) is 0 Å². The van der Waals surface area contributed by atoms with Crippen LogP contribution in [0, 0.1) is 0 Å². The Balaban J connectivity index is 1.93. The molecule has 0 saturated carbocycles. The zero-order chi connectivity index (χ0) is 14.8. The highest BCUT2D eigenvalue weighted by atomic mass is 35.5. The second-order valence-corrected chi connectivity index (χ2v) is 5.53. The summed E-state index contributed by atoms with van der Waals surface area (Å²) in [6.07, 6.45) is 3.32. The molecule has 1 saturated heterocycles. The number of carbonyl (C=O) groups excluding carboxylic acids is 1. The zero-order valence-corrected chi connectivity index (χ0v) is 12.1. The monoisotopic (exact) mass is 302 g/mol. The van der Waals surface area contributed by atoms with Gasteiger partial charge in [-0.1, -0.05) is 29.8 Å². The molecule has 1 aliphatic rings. The van der Waals surface area contributed by atoms with Gasteiger partial charge in [-0.25, -0.2) is 0 Å². The van der Waals surface area contributed by atoms with E-state index in [0.717, 1.165) is 18.4 Å². The highest BCUT2D eigenvalue weighted by molar-refractivity contribution is 6.31. The van der Waals surface area contributed by atoms with Crippen LogP contribution in [0.1, 0.15) is 34.8 Å². The number of likely N-dealkylation sites (tertiary alicyclic amines) is 1. The van der Waals surface area contributed by atoms with E-state index >= 15 is 0 Å². The minimum absolute atomic E-state index is 0.0227. The molecule has 1 N–H and O–H groups in total. The minimum atomic E-state index is -0.269. The fourth-order valence-corrected chi connectivity index (χ4v) is 3.08. The predicted octanol–water partition coefficient (Wildman–Crippen LogP) is 3.01. The molecular weight excluding hydrogens is 288 g/mol. The lowest BCUT2D eigenvalue weighted by molar-refractivity contribution is 0.0735. The van der Waals surface area contributed by atoms with Crippen molar-refractivity contribution in [2.24, 2.45) is 0 Å². The number of pyridine rings is 1. The van der Waals surface area contributed by atoms with Crippen LogP contribution in [-0.4, -0.2) is 22.3 Å². The van der Waals surface area contributed by atoms with E-state index in [9.17, 15) is 9.59 Å². The molecule has 1 fully saturated rings. The van der Waals surface area contributed by atoms with E-state index in [1.807, 2.05) is 24.3 Å². The van der Waals surface area contributed by atoms with Gasteiger partial charge in [0.2, 0.25) is 5.56 Å². The number of carbonyl (C=O) groups is 1.